The Morgan fingerprint density at radius 2 is 1.75 bits per heavy atom. The zero-order valence-electron chi connectivity index (χ0n) is 19.8. The van der Waals surface area contributed by atoms with Crippen LogP contribution >= 0.6 is 0 Å². The molecule has 0 saturated heterocycles. The molecule has 4 aromatic rings. The van der Waals surface area contributed by atoms with Crippen LogP contribution in [-0.2, 0) is 13.0 Å². The van der Waals surface area contributed by atoms with Crippen LogP contribution in [0.3, 0.4) is 0 Å². The van der Waals surface area contributed by atoms with E-state index in [-0.39, 0.29) is 18.1 Å². The quantitative estimate of drug-likeness (QED) is 0.379. The van der Waals surface area contributed by atoms with Crippen molar-refractivity contribution in [1.82, 2.24) is 30.6 Å². The van der Waals surface area contributed by atoms with Gasteiger partial charge in [0, 0.05) is 12.1 Å². The molecular weight excluding hydrogens is 454 g/mol. The molecule has 0 saturated carbocycles. The summed E-state index contributed by atoms with van der Waals surface area (Å²) in [5.41, 5.74) is 3.89. The van der Waals surface area contributed by atoms with Crippen LogP contribution in [0.15, 0.2) is 79.0 Å². The molecule has 4 rings (SSSR count). The Bertz CT molecular complexity index is 1380. The van der Waals surface area contributed by atoms with Gasteiger partial charge in [-0.05, 0) is 29.7 Å². The minimum Gasteiger partial charge on any atom is -0.349 e. The van der Waals surface area contributed by atoms with Crippen LogP contribution in [0.4, 0.5) is 0 Å². The predicted molar refractivity (Wildman–Crippen MR) is 134 cm³/mol. The van der Waals surface area contributed by atoms with E-state index in [2.05, 4.69) is 32.0 Å². The van der Waals surface area contributed by atoms with Gasteiger partial charge in [0.2, 0.25) is 0 Å². The average molecular weight is 480 g/mol. The highest BCUT2D eigenvalue weighted by molar-refractivity contribution is 5.93. The number of hydrogen-bond donors (Lipinski definition) is 2. The molecule has 2 aromatic carbocycles. The number of carbonyl (C=O) groups is 2. The number of carbonyl (C=O) groups excluding carboxylic acids is 2. The van der Waals surface area contributed by atoms with Gasteiger partial charge in [0.05, 0.1) is 24.5 Å². The van der Waals surface area contributed by atoms with Crippen molar-refractivity contribution in [3.63, 3.8) is 0 Å². The molecule has 1 unspecified atom stereocenters. The first-order valence-electron chi connectivity index (χ1n) is 11.6. The number of aryl methyl sites for hydroxylation is 1. The SMILES string of the molecule is CCc1ccc(C(C#N)NC(=O)c2cn(CCNC(=O)c3cccc(-c4ccccc4)n3)nn2)cc1. The second kappa shape index (κ2) is 11.5. The van der Waals surface area contributed by atoms with Crippen LogP contribution in [0.2, 0.25) is 0 Å². The number of nitrogens with zero attached hydrogens (tertiary/aromatic N) is 5. The molecule has 0 aliphatic rings. The maximum Gasteiger partial charge on any atom is 0.274 e. The molecule has 0 bridgehead atoms. The molecule has 36 heavy (non-hydrogen) atoms. The molecule has 0 fully saturated rings. The van der Waals surface area contributed by atoms with E-state index in [1.807, 2.05) is 67.6 Å². The highest BCUT2D eigenvalue weighted by Crippen LogP contribution is 2.17. The highest BCUT2D eigenvalue weighted by atomic mass is 16.2. The van der Waals surface area contributed by atoms with Gasteiger partial charge in [0.25, 0.3) is 11.8 Å². The number of aromatic nitrogens is 4. The topological polar surface area (TPSA) is 126 Å². The van der Waals surface area contributed by atoms with E-state index < -0.39 is 11.9 Å². The smallest absolute Gasteiger partial charge is 0.274 e. The molecule has 0 aliphatic carbocycles. The number of amides is 2. The molecule has 2 amide bonds. The van der Waals surface area contributed by atoms with Crippen LogP contribution < -0.4 is 10.6 Å². The van der Waals surface area contributed by atoms with Crippen LogP contribution in [-0.4, -0.2) is 38.3 Å². The van der Waals surface area contributed by atoms with Gasteiger partial charge in [-0.3, -0.25) is 9.59 Å². The third-order valence-electron chi connectivity index (χ3n) is 5.57. The van der Waals surface area contributed by atoms with Crippen molar-refractivity contribution < 1.29 is 9.59 Å². The van der Waals surface area contributed by atoms with Crippen LogP contribution in [0.5, 0.6) is 0 Å². The third-order valence-corrected chi connectivity index (χ3v) is 5.57. The van der Waals surface area contributed by atoms with Gasteiger partial charge in [0.15, 0.2) is 5.69 Å². The van der Waals surface area contributed by atoms with Crippen LogP contribution in [0.25, 0.3) is 11.3 Å². The second-order valence-electron chi connectivity index (χ2n) is 8.03. The Hall–Kier alpha value is -4.84. The minimum absolute atomic E-state index is 0.0870. The Morgan fingerprint density at radius 1 is 0.972 bits per heavy atom. The predicted octanol–water partition coefficient (Wildman–Crippen LogP) is 3.33. The van der Waals surface area contributed by atoms with Gasteiger partial charge in [-0.1, -0.05) is 72.8 Å². The van der Waals surface area contributed by atoms with Gasteiger partial charge in [0.1, 0.15) is 11.7 Å². The first kappa shape index (κ1) is 24.3. The minimum atomic E-state index is -0.799. The lowest BCUT2D eigenvalue weighted by atomic mass is 10.0. The summed E-state index contributed by atoms with van der Waals surface area (Å²) >= 11 is 0. The summed E-state index contributed by atoms with van der Waals surface area (Å²) in [5.74, 6) is -0.810. The van der Waals surface area contributed by atoms with E-state index in [1.54, 1.807) is 12.1 Å². The molecule has 2 N–H and O–H groups in total. The molecule has 180 valence electrons. The lowest BCUT2D eigenvalue weighted by molar-refractivity contribution is 0.0934. The van der Waals surface area contributed by atoms with E-state index in [0.29, 0.717) is 23.5 Å². The molecule has 0 radical (unpaired) electrons. The lowest BCUT2D eigenvalue weighted by Crippen LogP contribution is -2.28. The molecular formula is C27H25N7O2. The van der Waals surface area contributed by atoms with Crippen molar-refractivity contribution in [2.45, 2.75) is 25.9 Å². The summed E-state index contributed by atoms with van der Waals surface area (Å²) in [6, 6.07) is 23.8. The fraction of sp³-hybridized carbons (Fsp3) is 0.185. The Labute approximate surface area is 208 Å². The van der Waals surface area contributed by atoms with Crippen LogP contribution in [0, 0.1) is 11.3 Å². The van der Waals surface area contributed by atoms with E-state index in [0.717, 1.165) is 17.5 Å². The number of pyridine rings is 1. The first-order valence-corrected chi connectivity index (χ1v) is 11.6. The molecule has 9 nitrogen and oxygen atoms in total. The maximum atomic E-state index is 12.6. The summed E-state index contributed by atoms with van der Waals surface area (Å²) in [7, 11) is 0. The van der Waals surface area contributed by atoms with E-state index in [4.69, 9.17) is 0 Å². The molecule has 2 heterocycles. The molecule has 1 atom stereocenters. The van der Waals surface area contributed by atoms with E-state index >= 15 is 0 Å². The summed E-state index contributed by atoms with van der Waals surface area (Å²) in [5, 5.41) is 22.8. The van der Waals surface area contributed by atoms with Gasteiger partial charge < -0.3 is 10.6 Å². The molecule has 0 aliphatic heterocycles. The summed E-state index contributed by atoms with van der Waals surface area (Å²) in [6.45, 7) is 2.63. The standard InChI is InChI=1S/C27H25N7O2/c1-2-19-11-13-21(14-12-19)24(17-28)31-27(36)25-18-34(33-32-25)16-15-29-26(35)23-10-6-9-22(30-23)20-7-4-3-5-8-20/h3-14,18,24H,2,15-16H2,1H3,(H,29,35)(H,31,36). The van der Waals surface area contributed by atoms with Crippen molar-refractivity contribution in [3.8, 4) is 17.3 Å². The number of rotatable bonds is 9. The number of hydrogen-bond acceptors (Lipinski definition) is 6. The van der Waals surface area contributed by atoms with Crippen molar-refractivity contribution >= 4 is 11.8 Å². The third kappa shape index (κ3) is 5.98. The summed E-state index contributed by atoms with van der Waals surface area (Å²) in [4.78, 5) is 29.6. The largest absolute Gasteiger partial charge is 0.349 e. The zero-order chi connectivity index (χ0) is 25.3. The first-order chi connectivity index (χ1) is 17.6. The fourth-order valence-corrected chi connectivity index (χ4v) is 3.56. The summed E-state index contributed by atoms with van der Waals surface area (Å²) in [6.07, 6.45) is 2.37. The van der Waals surface area contributed by atoms with Crippen molar-refractivity contribution in [2.24, 2.45) is 0 Å². The van der Waals surface area contributed by atoms with Gasteiger partial charge in [-0.25, -0.2) is 9.67 Å². The van der Waals surface area contributed by atoms with Crippen LogP contribution in [0.1, 0.15) is 45.1 Å². The Morgan fingerprint density at radius 3 is 2.47 bits per heavy atom. The van der Waals surface area contributed by atoms with Crippen molar-refractivity contribution in [3.05, 3.63) is 102 Å². The van der Waals surface area contributed by atoms with Gasteiger partial charge in [-0.15, -0.1) is 5.10 Å². The number of nitrogens with one attached hydrogen (secondary N) is 2. The second-order valence-corrected chi connectivity index (χ2v) is 8.03. The van der Waals surface area contributed by atoms with Gasteiger partial charge >= 0.3 is 0 Å². The molecule has 2 aromatic heterocycles. The highest BCUT2D eigenvalue weighted by Gasteiger charge is 2.18. The Balaban J connectivity index is 1.30. The van der Waals surface area contributed by atoms with E-state index in [1.165, 1.54) is 10.9 Å². The lowest BCUT2D eigenvalue weighted by Gasteiger charge is -2.11. The zero-order valence-corrected chi connectivity index (χ0v) is 19.8. The van der Waals surface area contributed by atoms with Crippen molar-refractivity contribution in [2.75, 3.05) is 6.54 Å². The van der Waals surface area contributed by atoms with Crippen molar-refractivity contribution in [1.29, 1.82) is 5.26 Å². The van der Waals surface area contributed by atoms with E-state index in [9.17, 15) is 14.9 Å². The maximum absolute atomic E-state index is 12.6. The molecule has 9 heteroatoms. The molecule has 0 spiro atoms. The normalized spacial score (nSPS) is 11.3. The number of nitriles is 1. The monoisotopic (exact) mass is 479 g/mol. The number of benzene rings is 2. The Kier molecular flexibility index (Phi) is 7.78. The van der Waals surface area contributed by atoms with Gasteiger partial charge in [-0.2, -0.15) is 5.26 Å². The summed E-state index contributed by atoms with van der Waals surface area (Å²) < 4.78 is 1.46. The average Bonchev–Trinajstić information content (AvgIpc) is 3.41. The fourth-order valence-electron chi connectivity index (χ4n) is 3.56.